The summed E-state index contributed by atoms with van der Waals surface area (Å²) in [4.78, 5) is 33.5. The van der Waals surface area contributed by atoms with Gasteiger partial charge in [0.2, 0.25) is 12.0 Å². The number of piperazine rings is 1. The largest absolute Gasteiger partial charge is 0.507 e. The highest BCUT2D eigenvalue weighted by molar-refractivity contribution is 7.19. The summed E-state index contributed by atoms with van der Waals surface area (Å²) in [7, 11) is 3.99. The van der Waals surface area contributed by atoms with Gasteiger partial charge in [0.1, 0.15) is 70.9 Å². The van der Waals surface area contributed by atoms with Crippen molar-refractivity contribution in [2.24, 2.45) is 7.05 Å². The van der Waals surface area contributed by atoms with Gasteiger partial charge in [-0.3, -0.25) is 4.90 Å². The second-order valence-corrected chi connectivity index (χ2v) is 17.1. The fourth-order valence-corrected chi connectivity index (χ4v) is 9.47. The number of phenols is 1. The number of rotatable bonds is 8. The zero-order valence-corrected chi connectivity index (χ0v) is 35.2. The van der Waals surface area contributed by atoms with Crippen molar-refractivity contribution in [1.82, 2.24) is 24.8 Å². The molecule has 2 fully saturated rings. The second kappa shape index (κ2) is 16.8. The summed E-state index contributed by atoms with van der Waals surface area (Å²) in [5.74, 6) is 1.61. The molecule has 4 aliphatic rings. The van der Waals surface area contributed by atoms with E-state index in [1.54, 1.807) is 41.8 Å². The average molecular weight is 850 g/mol. The number of nitrogens with zero attached hydrogens (tertiary/aromatic N) is 6. The molecule has 4 bridgehead atoms. The molecule has 6 aromatic rings. The first-order valence-electron chi connectivity index (χ1n) is 20.2. The molecule has 10 rings (SSSR count). The van der Waals surface area contributed by atoms with Crippen LogP contribution in [0.4, 0.5) is 0 Å². The van der Waals surface area contributed by atoms with E-state index in [4.69, 9.17) is 30.5 Å². The Balaban J connectivity index is 1.12. The van der Waals surface area contributed by atoms with Gasteiger partial charge in [0.15, 0.2) is 0 Å². The molecule has 3 aliphatic heterocycles. The van der Waals surface area contributed by atoms with Gasteiger partial charge >= 0.3 is 11.8 Å². The van der Waals surface area contributed by atoms with Crippen molar-refractivity contribution < 1.29 is 38.5 Å². The number of hydrogen-bond donors (Lipinski definition) is 2. The minimum Gasteiger partial charge on any atom is -0.507 e. The van der Waals surface area contributed by atoms with Crippen LogP contribution in [0, 0.1) is 6.92 Å². The SMILES string of the molecule is Cc1c2ccc(c1Cl)O[C@H](CN1CCN(C)CC1)COc1ccc(OCc3ccnc(-c4ccccc4O)[n+]3C)c(c1)C[C@H](C(=O)O)Oc1ncnc3sc(C4CC4)c-2c13. The predicted octanol–water partition coefficient (Wildman–Crippen LogP) is 6.83. The Labute approximate surface area is 356 Å². The summed E-state index contributed by atoms with van der Waals surface area (Å²) in [6.07, 6.45) is 3.41. The third-order valence-electron chi connectivity index (χ3n) is 11.5. The van der Waals surface area contributed by atoms with Gasteiger partial charge in [-0.15, -0.1) is 11.3 Å². The molecular formula is C45H46ClN6O7S+. The van der Waals surface area contributed by atoms with Crippen molar-refractivity contribution in [3.63, 3.8) is 0 Å². The molecule has 2 atom stereocenters. The molecule has 0 spiro atoms. The summed E-state index contributed by atoms with van der Waals surface area (Å²) in [5, 5.41) is 22.5. The van der Waals surface area contributed by atoms with E-state index in [0.717, 1.165) is 71.1 Å². The Bertz CT molecular complexity index is 2580. The number of aromatic hydroxyl groups is 1. The molecule has 0 unspecified atom stereocenters. The number of para-hydroxylation sites is 1. The maximum atomic E-state index is 13.2. The number of hydrogen-bond acceptors (Lipinski definition) is 12. The number of thiophene rings is 1. The lowest BCUT2D eigenvalue weighted by atomic mass is 9.97. The molecule has 0 amide bonds. The van der Waals surface area contributed by atoms with Crippen LogP contribution in [0.15, 0.2) is 73.2 Å². The number of likely N-dealkylation sites (N-methyl/N-ethyl adjacent to an activating group) is 1. The van der Waals surface area contributed by atoms with Crippen LogP contribution in [0.25, 0.3) is 32.7 Å². The van der Waals surface area contributed by atoms with Crippen LogP contribution in [0.5, 0.6) is 28.9 Å². The molecule has 310 valence electrons. The minimum absolute atomic E-state index is 0.0612. The molecule has 60 heavy (non-hydrogen) atoms. The van der Waals surface area contributed by atoms with Crippen molar-refractivity contribution in [3.8, 4) is 51.4 Å². The molecule has 1 saturated carbocycles. The Morgan fingerprint density at radius 1 is 1.02 bits per heavy atom. The molecule has 13 nitrogen and oxygen atoms in total. The monoisotopic (exact) mass is 849 g/mol. The molecule has 15 heteroatoms. The summed E-state index contributed by atoms with van der Waals surface area (Å²) < 4.78 is 28.0. The van der Waals surface area contributed by atoms with Crippen LogP contribution in [0.2, 0.25) is 5.02 Å². The first kappa shape index (κ1) is 39.9. The highest BCUT2D eigenvalue weighted by atomic mass is 35.5. The molecule has 3 aromatic heterocycles. The Morgan fingerprint density at radius 3 is 2.62 bits per heavy atom. The van der Waals surface area contributed by atoms with Crippen molar-refractivity contribution in [2.45, 2.75) is 50.9 Å². The third-order valence-corrected chi connectivity index (χ3v) is 13.3. The van der Waals surface area contributed by atoms with E-state index in [9.17, 15) is 15.0 Å². The van der Waals surface area contributed by atoms with E-state index in [0.29, 0.717) is 57.1 Å². The maximum absolute atomic E-state index is 13.2. The van der Waals surface area contributed by atoms with Crippen molar-refractivity contribution in [1.29, 1.82) is 0 Å². The lowest BCUT2D eigenvalue weighted by Gasteiger charge is -2.34. The van der Waals surface area contributed by atoms with Gasteiger partial charge in [-0.1, -0.05) is 29.8 Å². The van der Waals surface area contributed by atoms with E-state index in [1.807, 2.05) is 54.9 Å². The number of halogens is 1. The fraction of sp³-hybridized carbons (Fsp3) is 0.356. The highest BCUT2D eigenvalue weighted by Gasteiger charge is 2.34. The molecule has 0 radical (unpaired) electrons. The second-order valence-electron chi connectivity index (χ2n) is 15.7. The fourth-order valence-electron chi connectivity index (χ4n) is 7.94. The topological polar surface area (TPSA) is 143 Å². The number of aromatic nitrogens is 4. The Kier molecular flexibility index (Phi) is 11.2. The summed E-state index contributed by atoms with van der Waals surface area (Å²) in [6.45, 7) is 6.66. The highest BCUT2D eigenvalue weighted by Crippen LogP contribution is 2.54. The van der Waals surface area contributed by atoms with E-state index >= 15 is 0 Å². The van der Waals surface area contributed by atoms with Gasteiger partial charge in [0.05, 0.1) is 17.5 Å². The zero-order valence-electron chi connectivity index (χ0n) is 33.6. The number of phenolic OH excluding ortho intramolecular Hbond substituents is 1. The lowest BCUT2D eigenvalue weighted by Crippen LogP contribution is -2.49. The number of carboxylic acids is 1. The minimum atomic E-state index is -1.35. The maximum Gasteiger partial charge on any atom is 0.345 e. The molecule has 1 saturated heterocycles. The van der Waals surface area contributed by atoms with Gasteiger partial charge in [0, 0.05) is 61.2 Å². The van der Waals surface area contributed by atoms with Crippen LogP contribution in [0.1, 0.15) is 40.5 Å². The molecule has 3 aromatic carbocycles. The number of carboxylic acid groups (broad SMARTS) is 1. The van der Waals surface area contributed by atoms with Crippen LogP contribution < -0.4 is 23.5 Å². The zero-order chi connectivity index (χ0) is 41.5. The lowest BCUT2D eigenvalue weighted by molar-refractivity contribution is -0.672. The molecule has 1 aliphatic carbocycles. The quantitative estimate of drug-likeness (QED) is 0.155. The van der Waals surface area contributed by atoms with E-state index in [2.05, 4.69) is 31.8 Å². The molecule has 2 N–H and O–H groups in total. The van der Waals surface area contributed by atoms with Crippen LogP contribution in [0.3, 0.4) is 0 Å². The predicted molar refractivity (Wildman–Crippen MR) is 227 cm³/mol. The Morgan fingerprint density at radius 2 is 1.83 bits per heavy atom. The normalized spacial score (nSPS) is 18.7. The smallest absolute Gasteiger partial charge is 0.345 e. The average Bonchev–Trinajstić information content (AvgIpc) is 4.02. The van der Waals surface area contributed by atoms with Gasteiger partial charge in [0.25, 0.3) is 0 Å². The molecule has 6 heterocycles. The number of ether oxygens (including phenoxy) is 4. The third kappa shape index (κ3) is 8.16. The Hall–Kier alpha value is -5.54. The first-order valence-corrected chi connectivity index (χ1v) is 21.4. The number of aliphatic carboxylic acids is 1. The van der Waals surface area contributed by atoms with E-state index < -0.39 is 12.1 Å². The summed E-state index contributed by atoms with van der Waals surface area (Å²) in [5.41, 5.74) is 4.59. The first-order chi connectivity index (χ1) is 29.1. The van der Waals surface area contributed by atoms with Gasteiger partial charge in [-0.25, -0.2) is 19.3 Å². The number of carbonyl (C=O) groups is 1. The van der Waals surface area contributed by atoms with Crippen molar-refractivity contribution >= 4 is 39.1 Å². The van der Waals surface area contributed by atoms with Gasteiger partial charge in [-0.2, -0.15) is 0 Å². The number of fused-ring (bicyclic) bond motifs is 7. The van der Waals surface area contributed by atoms with E-state index in [1.165, 1.54) is 6.33 Å². The van der Waals surface area contributed by atoms with Crippen LogP contribution >= 0.6 is 22.9 Å². The summed E-state index contributed by atoms with van der Waals surface area (Å²) >= 11 is 8.80. The van der Waals surface area contributed by atoms with E-state index in [-0.39, 0.29) is 37.4 Å². The van der Waals surface area contributed by atoms with Gasteiger partial charge in [-0.05, 0) is 85.2 Å². The summed E-state index contributed by atoms with van der Waals surface area (Å²) in [6, 6.07) is 18.2. The van der Waals surface area contributed by atoms with Crippen molar-refractivity contribution in [3.05, 3.63) is 99.9 Å². The standard InChI is InChI=1S/C45H45ClN6O7S/c1-26-32-11-13-36(40(26)46)58-31(22-52-18-16-50(2)17-19-52)24-56-30-10-12-35(57-23-29-14-15-47-42(51(29)3)33-6-4-5-7-34(33)53)28(20-30)21-37(45(54)55)59-43-39-38(32)41(27-8-9-27)60-44(39)49-25-48-43/h4-7,10-15,20,25,27,31,37H,8-9,16-19,21-24H2,1-3H3,(H,54,55)/p+1/t31-,37-/m1/s1. The van der Waals surface area contributed by atoms with Crippen LogP contribution in [-0.2, 0) is 24.9 Å². The number of benzene rings is 3. The van der Waals surface area contributed by atoms with Gasteiger partial charge < -0.3 is 34.1 Å². The van der Waals surface area contributed by atoms with Crippen LogP contribution in [-0.4, -0.2) is 99.5 Å². The molecular weight excluding hydrogens is 804 g/mol. The van der Waals surface area contributed by atoms with Crippen molar-refractivity contribution in [2.75, 3.05) is 46.4 Å².